The lowest BCUT2D eigenvalue weighted by Crippen LogP contribution is -2.62. The molecule has 0 aromatic rings. The third kappa shape index (κ3) is 3.31. The largest absolute Gasteiger partial charge is 0.471 e. The highest BCUT2D eigenvalue weighted by molar-refractivity contribution is 5.90. The number of esters is 1. The second-order valence-electron chi connectivity index (χ2n) is 7.62. The maximum atomic E-state index is 12.0. The highest BCUT2D eigenvalue weighted by atomic mass is 16.8. The van der Waals surface area contributed by atoms with Crippen LogP contribution in [0.3, 0.4) is 0 Å². The van der Waals surface area contributed by atoms with Gasteiger partial charge in [0, 0.05) is 0 Å². The number of rotatable bonds is 4. The number of ether oxygens (including phenoxy) is 4. The summed E-state index contributed by atoms with van der Waals surface area (Å²) in [5.74, 6) is -1.97. The van der Waals surface area contributed by atoms with Crippen molar-refractivity contribution in [3.8, 4) is 0 Å². The summed E-state index contributed by atoms with van der Waals surface area (Å²) in [5.41, 5.74) is -3.49. The summed E-state index contributed by atoms with van der Waals surface area (Å²) in [7, 11) is 1.14. The molecule has 2 fully saturated rings. The van der Waals surface area contributed by atoms with Crippen LogP contribution in [-0.4, -0.2) is 98.5 Å². The van der Waals surface area contributed by atoms with Gasteiger partial charge in [0.15, 0.2) is 6.29 Å². The first-order valence-electron chi connectivity index (χ1n) is 8.92. The third-order valence-electron chi connectivity index (χ3n) is 5.78. The summed E-state index contributed by atoms with van der Waals surface area (Å²) >= 11 is 0. The molecule has 9 atom stereocenters. The van der Waals surface area contributed by atoms with Crippen LogP contribution in [0.1, 0.15) is 19.8 Å². The first-order chi connectivity index (χ1) is 13.1. The quantitative estimate of drug-likeness (QED) is 0.264. The van der Waals surface area contributed by atoms with Crippen LogP contribution in [0.15, 0.2) is 11.8 Å². The van der Waals surface area contributed by atoms with Crippen molar-refractivity contribution in [3.63, 3.8) is 0 Å². The van der Waals surface area contributed by atoms with Crippen molar-refractivity contribution >= 4 is 5.97 Å². The van der Waals surface area contributed by atoms with Crippen LogP contribution < -0.4 is 0 Å². The second kappa shape index (κ2) is 7.50. The number of methoxy groups -OCH3 is 1. The van der Waals surface area contributed by atoms with Crippen LogP contribution in [0, 0.1) is 5.92 Å². The molecule has 0 aromatic carbocycles. The fourth-order valence-corrected chi connectivity index (χ4v) is 4.16. The monoisotopic (exact) mass is 406 g/mol. The minimum Gasteiger partial charge on any atom is -0.471 e. The standard InChI is InChI=1S/C17H26O11/c1-16(23)3-4-17(24)7(13(22)25-2)6-26-15(12(16)17)28-14-11(21)10(20)9(19)8(5-18)27-14/h6,8-12,14-15,18-21,23-24H,3-5H2,1-2H3/t8-,9-,10+,11-,12?,14+,15?,16?,17?/m1/s1. The molecular formula is C17H26O11. The van der Waals surface area contributed by atoms with Gasteiger partial charge in [0.25, 0.3) is 0 Å². The van der Waals surface area contributed by atoms with E-state index in [4.69, 9.17) is 14.2 Å². The molecular weight excluding hydrogens is 380 g/mol. The van der Waals surface area contributed by atoms with Gasteiger partial charge in [-0.2, -0.15) is 0 Å². The molecule has 28 heavy (non-hydrogen) atoms. The van der Waals surface area contributed by atoms with E-state index in [-0.39, 0.29) is 18.4 Å². The zero-order valence-electron chi connectivity index (χ0n) is 15.5. The Bertz CT molecular complexity index is 633. The Morgan fingerprint density at radius 3 is 2.46 bits per heavy atom. The molecule has 1 aliphatic carbocycles. The van der Waals surface area contributed by atoms with Crippen molar-refractivity contribution in [2.45, 2.75) is 68.0 Å². The molecule has 6 N–H and O–H groups in total. The molecule has 0 spiro atoms. The molecule has 11 nitrogen and oxygen atoms in total. The van der Waals surface area contributed by atoms with E-state index in [1.54, 1.807) is 0 Å². The zero-order chi connectivity index (χ0) is 20.9. The minimum absolute atomic E-state index is 0.0313. The van der Waals surface area contributed by atoms with Gasteiger partial charge >= 0.3 is 5.97 Å². The fourth-order valence-electron chi connectivity index (χ4n) is 4.16. The Labute approximate surface area is 160 Å². The van der Waals surface area contributed by atoms with Crippen LogP contribution in [0.25, 0.3) is 0 Å². The predicted molar refractivity (Wildman–Crippen MR) is 88.1 cm³/mol. The average Bonchev–Trinajstić information content (AvgIpc) is 2.92. The molecule has 160 valence electrons. The number of carbonyl (C=O) groups is 1. The smallest absolute Gasteiger partial charge is 0.339 e. The van der Waals surface area contributed by atoms with E-state index in [1.165, 1.54) is 6.92 Å². The number of carbonyl (C=O) groups excluding carboxylic acids is 1. The third-order valence-corrected chi connectivity index (χ3v) is 5.78. The first-order valence-corrected chi connectivity index (χ1v) is 8.92. The molecule has 3 rings (SSSR count). The summed E-state index contributed by atoms with van der Waals surface area (Å²) in [6, 6.07) is 0. The van der Waals surface area contributed by atoms with Crippen molar-refractivity contribution in [3.05, 3.63) is 11.8 Å². The van der Waals surface area contributed by atoms with Gasteiger partial charge in [-0.1, -0.05) is 0 Å². The second-order valence-corrected chi connectivity index (χ2v) is 7.62. The Morgan fingerprint density at radius 2 is 1.86 bits per heavy atom. The van der Waals surface area contributed by atoms with E-state index >= 15 is 0 Å². The molecule has 1 saturated carbocycles. The number of hydrogen-bond acceptors (Lipinski definition) is 11. The van der Waals surface area contributed by atoms with E-state index in [0.717, 1.165) is 13.4 Å². The number of aliphatic hydroxyl groups excluding tert-OH is 4. The van der Waals surface area contributed by atoms with Crippen LogP contribution in [-0.2, 0) is 23.7 Å². The summed E-state index contributed by atoms with van der Waals surface area (Å²) in [4.78, 5) is 12.0. The predicted octanol–water partition coefficient (Wildman–Crippen LogP) is -2.89. The summed E-state index contributed by atoms with van der Waals surface area (Å²) in [6.07, 6.45) is -7.88. The zero-order valence-corrected chi connectivity index (χ0v) is 15.5. The molecule has 2 aliphatic heterocycles. The lowest BCUT2D eigenvalue weighted by atomic mass is 9.77. The molecule has 2 heterocycles. The SMILES string of the molecule is COC(=O)C1=COC(O[C@@H]2O[C@H](CO)[C@@H](O)[C@H](O)[C@H]2O)C2C(C)(O)CCC12O. The maximum absolute atomic E-state index is 12.0. The number of aliphatic hydroxyl groups is 6. The molecule has 4 unspecified atom stereocenters. The van der Waals surface area contributed by atoms with E-state index < -0.39 is 66.7 Å². The normalized spacial score (nSPS) is 48.4. The van der Waals surface area contributed by atoms with Gasteiger partial charge in [0.2, 0.25) is 6.29 Å². The Hall–Kier alpha value is -1.31. The van der Waals surface area contributed by atoms with E-state index in [0.29, 0.717) is 0 Å². The summed E-state index contributed by atoms with van der Waals surface area (Å²) < 4.78 is 20.9. The molecule has 1 saturated heterocycles. The van der Waals surface area contributed by atoms with Crippen molar-refractivity contribution in [1.29, 1.82) is 0 Å². The molecule has 3 aliphatic rings. The van der Waals surface area contributed by atoms with Crippen molar-refractivity contribution in [2.24, 2.45) is 5.92 Å². The number of fused-ring (bicyclic) bond motifs is 1. The van der Waals surface area contributed by atoms with Crippen LogP contribution in [0.2, 0.25) is 0 Å². The van der Waals surface area contributed by atoms with Gasteiger partial charge in [0.05, 0.1) is 31.5 Å². The van der Waals surface area contributed by atoms with Crippen LogP contribution >= 0.6 is 0 Å². The van der Waals surface area contributed by atoms with Crippen molar-refractivity contribution in [1.82, 2.24) is 0 Å². The first kappa shape index (κ1) is 21.4. The molecule has 0 amide bonds. The maximum Gasteiger partial charge on any atom is 0.339 e. The van der Waals surface area contributed by atoms with Crippen molar-refractivity contribution in [2.75, 3.05) is 13.7 Å². The summed E-state index contributed by atoms with van der Waals surface area (Å²) in [5, 5.41) is 61.1. The average molecular weight is 406 g/mol. The minimum atomic E-state index is -1.81. The number of hydrogen-bond donors (Lipinski definition) is 6. The van der Waals surface area contributed by atoms with Gasteiger partial charge in [-0.3, -0.25) is 0 Å². The highest BCUT2D eigenvalue weighted by Crippen LogP contribution is 2.52. The van der Waals surface area contributed by atoms with E-state index in [1.807, 2.05) is 0 Å². The van der Waals surface area contributed by atoms with E-state index in [2.05, 4.69) is 4.74 Å². The molecule has 0 bridgehead atoms. The summed E-state index contributed by atoms with van der Waals surface area (Å²) in [6.45, 7) is 0.802. The lowest BCUT2D eigenvalue weighted by Gasteiger charge is -2.46. The van der Waals surface area contributed by atoms with Crippen LogP contribution in [0.5, 0.6) is 0 Å². The van der Waals surface area contributed by atoms with Crippen molar-refractivity contribution < 1.29 is 54.4 Å². The fraction of sp³-hybridized carbons (Fsp3) is 0.824. The Balaban J connectivity index is 1.88. The topological polar surface area (TPSA) is 175 Å². The molecule has 0 aromatic heterocycles. The van der Waals surface area contributed by atoms with Gasteiger partial charge in [-0.25, -0.2) is 4.79 Å². The molecule has 0 radical (unpaired) electrons. The van der Waals surface area contributed by atoms with Gasteiger partial charge in [-0.15, -0.1) is 0 Å². The Morgan fingerprint density at radius 1 is 1.18 bits per heavy atom. The van der Waals surface area contributed by atoms with E-state index in [9.17, 15) is 35.4 Å². The Kier molecular flexibility index (Phi) is 5.73. The van der Waals surface area contributed by atoms with Gasteiger partial charge in [-0.05, 0) is 19.8 Å². The van der Waals surface area contributed by atoms with Gasteiger partial charge < -0.3 is 49.6 Å². The molecule has 11 heteroatoms. The highest BCUT2D eigenvalue weighted by Gasteiger charge is 2.64. The van der Waals surface area contributed by atoms with Crippen LogP contribution in [0.4, 0.5) is 0 Å². The van der Waals surface area contributed by atoms with Gasteiger partial charge in [0.1, 0.15) is 35.6 Å². The lowest BCUT2D eigenvalue weighted by molar-refractivity contribution is -0.351.